The second-order valence-corrected chi connectivity index (χ2v) is 8.22. The van der Waals surface area contributed by atoms with E-state index in [4.69, 9.17) is 4.74 Å². The molecule has 4 nitrogen and oxygen atoms in total. The second-order valence-electron chi connectivity index (χ2n) is 7.11. The lowest BCUT2D eigenvalue weighted by Crippen LogP contribution is -2.59. The predicted molar refractivity (Wildman–Crippen MR) is 98.9 cm³/mol. The van der Waals surface area contributed by atoms with Crippen LogP contribution in [0.3, 0.4) is 0 Å². The summed E-state index contributed by atoms with van der Waals surface area (Å²) in [6.45, 7) is 3.48. The Balaban J connectivity index is 1.71. The first kappa shape index (κ1) is 20.5. The molecule has 1 aromatic carbocycles. The molecule has 27 heavy (non-hydrogen) atoms. The van der Waals surface area contributed by atoms with E-state index in [-0.39, 0.29) is 27.8 Å². The van der Waals surface area contributed by atoms with Gasteiger partial charge in [0.1, 0.15) is 0 Å². The summed E-state index contributed by atoms with van der Waals surface area (Å²) >= 11 is -0.243. The molecule has 1 aromatic rings. The van der Waals surface area contributed by atoms with Crippen LogP contribution in [0.1, 0.15) is 42.5 Å². The molecule has 8 heteroatoms. The average Bonchev–Trinajstić information content (AvgIpc) is 2.67. The van der Waals surface area contributed by atoms with Gasteiger partial charge in [0.2, 0.25) is 0 Å². The number of nitrogens with zero attached hydrogens (tertiary/aromatic N) is 1. The van der Waals surface area contributed by atoms with Gasteiger partial charge in [-0.3, -0.25) is 9.69 Å². The number of carbonyl (C=O) groups is 1. The average molecular weight is 402 g/mol. The van der Waals surface area contributed by atoms with Crippen molar-refractivity contribution < 1.29 is 22.7 Å². The van der Waals surface area contributed by atoms with Crippen molar-refractivity contribution in [3.05, 3.63) is 29.8 Å². The number of carbonyl (C=O) groups excluding carboxylic acids is 1. The number of morpholine rings is 1. The summed E-state index contributed by atoms with van der Waals surface area (Å²) in [5, 5.41) is 2.93. The van der Waals surface area contributed by atoms with Crippen molar-refractivity contribution >= 4 is 17.7 Å². The van der Waals surface area contributed by atoms with E-state index in [9.17, 15) is 18.0 Å². The van der Waals surface area contributed by atoms with Gasteiger partial charge in [0.15, 0.2) is 0 Å². The zero-order chi connectivity index (χ0) is 19.3. The number of thioether (sulfide) groups is 1. The number of nitrogens with one attached hydrogen (secondary N) is 1. The maximum atomic E-state index is 12.8. The zero-order valence-corrected chi connectivity index (χ0v) is 16.0. The van der Waals surface area contributed by atoms with E-state index >= 15 is 0 Å². The van der Waals surface area contributed by atoms with Crippen molar-refractivity contribution in [3.63, 3.8) is 0 Å². The van der Waals surface area contributed by atoms with Gasteiger partial charge >= 0.3 is 5.51 Å². The van der Waals surface area contributed by atoms with Gasteiger partial charge in [-0.25, -0.2) is 0 Å². The van der Waals surface area contributed by atoms with Crippen LogP contribution in [0, 0.1) is 0 Å². The molecule has 0 radical (unpaired) electrons. The molecule has 1 saturated carbocycles. The summed E-state index contributed by atoms with van der Waals surface area (Å²) in [4.78, 5) is 15.0. The van der Waals surface area contributed by atoms with Gasteiger partial charge in [0.05, 0.1) is 18.8 Å². The van der Waals surface area contributed by atoms with Crippen molar-refractivity contribution in [3.8, 4) is 0 Å². The lowest BCUT2D eigenvalue weighted by molar-refractivity contribution is -0.0361. The predicted octanol–water partition coefficient (Wildman–Crippen LogP) is 4.06. The largest absolute Gasteiger partial charge is 0.446 e. The quantitative estimate of drug-likeness (QED) is 0.754. The molecule has 1 N–H and O–H groups in total. The number of benzene rings is 1. The summed E-state index contributed by atoms with van der Waals surface area (Å²) in [6.07, 6.45) is 5.38. The molecule has 1 aliphatic heterocycles. The molecular formula is C19H25F3N2O2S. The minimum Gasteiger partial charge on any atom is -0.379 e. The molecule has 1 aliphatic carbocycles. The fraction of sp³-hybridized carbons (Fsp3) is 0.632. The summed E-state index contributed by atoms with van der Waals surface area (Å²) in [6, 6.07) is 5.89. The Morgan fingerprint density at radius 2 is 1.81 bits per heavy atom. The number of hydrogen-bond acceptors (Lipinski definition) is 4. The lowest BCUT2D eigenvalue weighted by atomic mass is 9.79. The highest BCUT2D eigenvalue weighted by molar-refractivity contribution is 8.00. The van der Waals surface area contributed by atoms with Crippen LogP contribution in [-0.2, 0) is 4.74 Å². The van der Waals surface area contributed by atoms with E-state index in [0.717, 1.165) is 38.8 Å². The smallest absolute Gasteiger partial charge is 0.379 e. The Hall–Kier alpha value is -1.25. The third-order valence-electron chi connectivity index (χ3n) is 5.40. The first-order valence-corrected chi connectivity index (χ1v) is 10.2. The minimum absolute atomic E-state index is 0.0634. The number of hydrogen-bond donors (Lipinski definition) is 1. The van der Waals surface area contributed by atoms with Crippen molar-refractivity contribution in [2.45, 2.75) is 48.0 Å². The van der Waals surface area contributed by atoms with Crippen LogP contribution in [0.2, 0.25) is 0 Å². The Bertz CT molecular complexity index is 642. The van der Waals surface area contributed by atoms with E-state index in [1.807, 2.05) is 0 Å². The van der Waals surface area contributed by atoms with E-state index in [0.29, 0.717) is 19.8 Å². The summed E-state index contributed by atoms with van der Waals surface area (Å²) in [5.41, 5.74) is -4.47. The zero-order valence-electron chi connectivity index (χ0n) is 15.2. The standard InChI is InChI=1S/C19H25F3N2O2S/c20-19(21,22)27-16-7-3-2-6-15(16)17(25)23-14-18(8-4-1-5-9-18)24-10-12-26-13-11-24/h2-3,6-7H,1,4-5,8-14H2,(H,23,25). The molecule has 0 unspecified atom stereocenters. The molecule has 3 rings (SSSR count). The number of amides is 1. The molecule has 0 spiro atoms. The Labute approximate surface area is 161 Å². The van der Waals surface area contributed by atoms with Crippen molar-refractivity contribution in [1.82, 2.24) is 10.2 Å². The third kappa shape index (κ3) is 5.39. The fourth-order valence-corrected chi connectivity index (χ4v) is 4.73. The molecule has 150 valence electrons. The number of halogens is 3. The second kappa shape index (κ2) is 8.84. The lowest BCUT2D eigenvalue weighted by Gasteiger charge is -2.48. The van der Waals surface area contributed by atoms with Crippen LogP contribution in [0.15, 0.2) is 29.2 Å². The fourth-order valence-electron chi connectivity index (χ4n) is 4.06. The molecule has 0 atom stereocenters. The van der Waals surface area contributed by atoms with Crippen LogP contribution in [0.5, 0.6) is 0 Å². The molecule has 0 aromatic heterocycles. The van der Waals surface area contributed by atoms with Gasteiger partial charge in [0, 0.05) is 30.1 Å². The van der Waals surface area contributed by atoms with Gasteiger partial charge in [-0.1, -0.05) is 31.4 Å². The normalized spacial score (nSPS) is 21.0. The number of ether oxygens (including phenoxy) is 1. The van der Waals surface area contributed by atoms with Crippen LogP contribution in [-0.4, -0.2) is 54.7 Å². The highest BCUT2D eigenvalue weighted by atomic mass is 32.2. The first-order valence-electron chi connectivity index (χ1n) is 9.35. The molecular weight excluding hydrogens is 377 g/mol. The SMILES string of the molecule is O=C(NCC1(N2CCOCC2)CCCCC1)c1ccccc1SC(F)(F)F. The van der Waals surface area contributed by atoms with E-state index in [2.05, 4.69) is 10.2 Å². The van der Waals surface area contributed by atoms with Crippen LogP contribution in [0.4, 0.5) is 13.2 Å². The minimum atomic E-state index is -4.42. The molecule has 2 fully saturated rings. The van der Waals surface area contributed by atoms with Crippen molar-refractivity contribution in [2.75, 3.05) is 32.8 Å². The topological polar surface area (TPSA) is 41.6 Å². The first-order chi connectivity index (χ1) is 12.9. The highest BCUT2D eigenvalue weighted by Gasteiger charge is 2.39. The van der Waals surface area contributed by atoms with E-state index < -0.39 is 11.4 Å². The van der Waals surface area contributed by atoms with E-state index in [1.54, 1.807) is 6.07 Å². The van der Waals surface area contributed by atoms with Gasteiger partial charge < -0.3 is 10.1 Å². The number of alkyl halides is 3. The summed E-state index contributed by atoms with van der Waals surface area (Å²) in [7, 11) is 0. The molecule has 2 aliphatic rings. The Morgan fingerprint density at radius 1 is 1.15 bits per heavy atom. The van der Waals surface area contributed by atoms with Gasteiger partial charge in [-0.15, -0.1) is 0 Å². The molecule has 1 heterocycles. The summed E-state index contributed by atoms with van der Waals surface area (Å²) < 4.78 is 43.8. The van der Waals surface area contributed by atoms with E-state index in [1.165, 1.54) is 24.6 Å². The summed E-state index contributed by atoms with van der Waals surface area (Å²) in [5.74, 6) is -0.444. The van der Waals surface area contributed by atoms with Crippen LogP contribution >= 0.6 is 11.8 Å². The number of rotatable bonds is 5. The van der Waals surface area contributed by atoms with Gasteiger partial charge in [-0.2, -0.15) is 13.2 Å². The molecule has 0 bridgehead atoms. The van der Waals surface area contributed by atoms with Gasteiger partial charge in [0.25, 0.3) is 5.91 Å². The third-order valence-corrected chi connectivity index (χ3v) is 6.21. The molecule has 1 amide bonds. The van der Waals surface area contributed by atoms with Crippen molar-refractivity contribution in [1.29, 1.82) is 0 Å². The highest BCUT2D eigenvalue weighted by Crippen LogP contribution is 2.38. The monoisotopic (exact) mass is 402 g/mol. The van der Waals surface area contributed by atoms with Crippen molar-refractivity contribution in [2.24, 2.45) is 0 Å². The van der Waals surface area contributed by atoms with Crippen LogP contribution < -0.4 is 5.32 Å². The van der Waals surface area contributed by atoms with Gasteiger partial charge in [-0.05, 0) is 36.7 Å². The Kier molecular flexibility index (Phi) is 6.70. The maximum Gasteiger partial charge on any atom is 0.446 e. The van der Waals surface area contributed by atoms with Crippen LogP contribution in [0.25, 0.3) is 0 Å². The Morgan fingerprint density at radius 3 is 2.48 bits per heavy atom. The molecule has 1 saturated heterocycles. The maximum absolute atomic E-state index is 12.8.